The van der Waals surface area contributed by atoms with E-state index in [4.69, 9.17) is 4.74 Å². The normalized spacial score (nSPS) is 22.2. The molecule has 0 bridgehead atoms. The Hall–Kier alpha value is -3.38. The molecule has 2 aromatic carbocycles. The fourth-order valence-corrected chi connectivity index (χ4v) is 5.16. The molecule has 154 valence electrons. The molecule has 1 atom stereocenters. The first-order valence-corrected chi connectivity index (χ1v) is 11.1. The lowest BCUT2D eigenvalue weighted by molar-refractivity contribution is 0.0539. The highest BCUT2D eigenvalue weighted by molar-refractivity contribution is 6.02. The molecule has 0 fully saturated rings. The number of benzene rings is 2. The summed E-state index contributed by atoms with van der Waals surface area (Å²) in [7, 11) is 0. The van der Waals surface area contributed by atoms with E-state index in [0.29, 0.717) is 23.3 Å². The maximum absolute atomic E-state index is 13.4. The van der Waals surface area contributed by atoms with Crippen molar-refractivity contribution in [2.75, 3.05) is 0 Å². The molecule has 0 saturated heterocycles. The third-order valence-electron chi connectivity index (χ3n) is 6.78. The molecule has 2 aromatic rings. The largest absolute Gasteiger partial charge is 0.481 e. The van der Waals surface area contributed by atoms with Gasteiger partial charge in [-0.05, 0) is 73.1 Å². The van der Waals surface area contributed by atoms with Crippen LogP contribution in [0.1, 0.15) is 61.4 Å². The van der Waals surface area contributed by atoms with Gasteiger partial charge in [0.2, 0.25) is 0 Å². The molecule has 0 radical (unpaired) electrons. The maximum Gasteiger partial charge on any atom is 0.170 e. The fourth-order valence-electron chi connectivity index (χ4n) is 5.16. The van der Waals surface area contributed by atoms with Crippen molar-refractivity contribution in [1.29, 1.82) is 5.26 Å². The van der Waals surface area contributed by atoms with Crippen LogP contribution in [0.5, 0.6) is 5.75 Å². The number of rotatable bonds is 2. The van der Waals surface area contributed by atoms with E-state index in [1.54, 1.807) is 6.07 Å². The highest BCUT2D eigenvalue weighted by Crippen LogP contribution is 2.47. The van der Waals surface area contributed by atoms with Crippen molar-refractivity contribution in [3.63, 3.8) is 0 Å². The first-order valence-electron chi connectivity index (χ1n) is 11.1. The average molecular weight is 408 g/mol. The van der Waals surface area contributed by atoms with Gasteiger partial charge in [0, 0.05) is 0 Å². The van der Waals surface area contributed by atoms with Gasteiger partial charge in [-0.3, -0.25) is 4.79 Å². The van der Waals surface area contributed by atoms with Crippen LogP contribution in [-0.2, 0) is 0 Å². The number of carbonyl (C=O) groups excluding carboxylic acids is 1. The summed E-state index contributed by atoms with van der Waals surface area (Å²) < 4.78 is 6.66. The number of nitriles is 1. The van der Waals surface area contributed by atoms with Gasteiger partial charge in [0.25, 0.3) is 0 Å². The molecule has 31 heavy (non-hydrogen) atoms. The van der Waals surface area contributed by atoms with Crippen molar-refractivity contribution in [3.8, 4) is 22.9 Å². The van der Waals surface area contributed by atoms with Crippen molar-refractivity contribution in [3.05, 3.63) is 88.5 Å². The van der Waals surface area contributed by atoms with Crippen LogP contribution in [0.2, 0.25) is 0 Å². The van der Waals surface area contributed by atoms with Crippen molar-refractivity contribution < 1.29 is 9.53 Å². The lowest BCUT2D eigenvalue weighted by Crippen LogP contribution is -2.45. The molecule has 1 unspecified atom stereocenters. The summed E-state index contributed by atoms with van der Waals surface area (Å²) in [6.45, 7) is 2.20. The van der Waals surface area contributed by atoms with E-state index in [9.17, 15) is 10.1 Å². The number of allylic oxidation sites excluding steroid dienone is 4. The van der Waals surface area contributed by atoms with E-state index in [1.165, 1.54) is 16.7 Å². The SMILES string of the molecule is CCC1=CC=CC2=C(CCCC23CC(=O)c2cc(-c4cccc(C#N)c4)ccc2O3)C1. The third-order valence-corrected chi connectivity index (χ3v) is 6.78. The van der Waals surface area contributed by atoms with Crippen LogP contribution < -0.4 is 4.74 Å². The molecular formula is C28H25NO2. The number of ketones is 1. The Morgan fingerprint density at radius 1 is 1.16 bits per heavy atom. The van der Waals surface area contributed by atoms with Gasteiger partial charge >= 0.3 is 0 Å². The Labute approximate surface area is 183 Å². The van der Waals surface area contributed by atoms with E-state index in [-0.39, 0.29) is 5.78 Å². The van der Waals surface area contributed by atoms with Crippen molar-refractivity contribution in [1.82, 2.24) is 0 Å². The average Bonchev–Trinajstić information content (AvgIpc) is 3.02. The molecule has 1 aliphatic heterocycles. The Bertz CT molecular complexity index is 1210. The first-order chi connectivity index (χ1) is 15.1. The van der Waals surface area contributed by atoms with Gasteiger partial charge in [-0.15, -0.1) is 0 Å². The summed E-state index contributed by atoms with van der Waals surface area (Å²) in [4.78, 5) is 13.4. The van der Waals surface area contributed by atoms with Crippen LogP contribution in [0.25, 0.3) is 11.1 Å². The minimum atomic E-state index is -0.548. The monoisotopic (exact) mass is 407 g/mol. The second-order valence-corrected chi connectivity index (χ2v) is 8.68. The molecule has 3 nitrogen and oxygen atoms in total. The smallest absolute Gasteiger partial charge is 0.170 e. The van der Waals surface area contributed by atoms with Gasteiger partial charge in [-0.2, -0.15) is 5.26 Å². The molecule has 0 N–H and O–H groups in total. The zero-order valence-corrected chi connectivity index (χ0v) is 17.8. The van der Waals surface area contributed by atoms with Gasteiger partial charge < -0.3 is 4.74 Å². The molecular weight excluding hydrogens is 382 g/mol. The Kier molecular flexibility index (Phi) is 4.87. The molecule has 1 spiro atoms. The first kappa shape index (κ1) is 19.6. The minimum Gasteiger partial charge on any atom is -0.481 e. The number of ether oxygens (including phenoxy) is 1. The van der Waals surface area contributed by atoms with Gasteiger partial charge in [-0.1, -0.05) is 54.5 Å². The van der Waals surface area contributed by atoms with Crippen LogP contribution in [-0.4, -0.2) is 11.4 Å². The second-order valence-electron chi connectivity index (χ2n) is 8.68. The summed E-state index contributed by atoms with van der Waals surface area (Å²) in [5.41, 5.74) is 6.64. The number of hydrogen-bond donors (Lipinski definition) is 0. The maximum atomic E-state index is 13.4. The number of Topliss-reactive ketones (excluding diaryl/α,β-unsaturated/α-hetero) is 1. The molecule has 0 aromatic heterocycles. The van der Waals surface area contributed by atoms with Crippen LogP contribution >= 0.6 is 0 Å². The summed E-state index contributed by atoms with van der Waals surface area (Å²) in [6, 6.07) is 15.5. The van der Waals surface area contributed by atoms with Crippen molar-refractivity contribution in [2.45, 2.75) is 51.0 Å². The van der Waals surface area contributed by atoms with Crippen molar-refractivity contribution in [2.24, 2.45) is 0 Å². The number of fused-ring (bicyclic) bond motifs is 2. The number of carbonyl (C=O) groups is 1. The molecule has 1 heterocycles. The zero-order valence-electron chi connectivity index (χ0n) is 17.8. The molecule has 2 aliphatic carbocycles. The Balaban J connectivity index is 1.53. The predicted octanol–water partition coefficient (Wildman–Crippen LogP) is 6.71. The van der Waals surface area contributed by atoms with Crippen LogP contribution in [0, 0.1) is 11.3 Å². The van der Waals surface area contributed by atoms with Crippen molar-refractivity contribution >= 4 is 5.78 Å². The highest BCUT2D eigenvalue weighted by atomic mass is 16.5. The zero-order chi connectivity index (χ0) is 21.4. The summed E-state index contributed by atoms with van der Waals surface area (Å²) in [6.07, 6.45) is 11.9. The summed E-state index contributed by atoms with van der Waals surface area (Å²) in [5.74, 6) is 0.807. The molecule has 0 saturated carbocycles. The second kappa shape index (κ2) is 7.71. The van der Waals surface area contributed by atoms with Gasteiger partial charge in [0.15, 0.2) is 5.78 Å². The number of hydrogen-bond acceptors (Lipinski definition) is 3. The Morgan fingerprint density at radius 3 is 2.87 bits per heavy atom. The predicted molar refractivity (Wildman–Crippen MR) is 122 cm³/mol. The third kappa shape index (κ3) is 3.43. The topological polar surface area (TPSA) is 50.1 Å². The standard InChI is InChI=1S/C28H25NO2/c1-2-19-6-4-10-25-23(14-19)9-5-13-28(25)17-26(30)24-16-22(11-12-27(24)31-28)21-8-3-7-20(15-21)18-29/h3-4,6-8,10-12,15-16H,2,5,9,13-14,17H2,1H3. The lowest BCUT2D eigenvalue weighted by atomic mass is 9.73. The van der Waals surface area contributed by atoms with Gasteiger partial charge in [-0.25, -0.2) is 0 Å². The molecule has 3 aliphatic rings. The van der Waals surface area contributed by atoms with E-state index in [2.05, 4.69) is 31.2 Å². The van der Waals surface area contributed by atoms with Gasteiger partial charge in [0.1, 0.15) is 11.4 Å². The van der Waals surface area contributed by atoms with E-state index in [0.717, 1.165) is 43.2 Å². The highest BCUT2D eigenvalue weighted by Gasteiger charge is 2.45. The van der Waals surface area contributed by atoms with E-state index < -0.39 is 5.60 Å². The van der Waals surface area contributed by atoms with Crippen LogP contribution in [0.4, 0.5) is 0 Å². The summed E-state index contributed by atoms with van der Waals surface area (Å²) in [5, 5.41) is 9.19. The summed E-state index contributed by atoms with van der Waals surface area (Å²) >= 11 is 0. The minimum absolute atomic E-state index is 0.134. The molecule has 0 amide bonds. The van der Waals surface area contributed by atoms with Gasteiger partial charge in [0.05, 0.1) is 23.6 Å². The quantitative estimate of drug-likeness (QED) is 0.556. The number of nitrogens with zero attached hydrogens (tertiary/aromatic N) is 1. The van der Waals surface area contributed by atoms with E-state index >= 15 is 0 Å². The van der Waals surface area contributed by atoms with Crippen LogP contribution in [0.3, 0.4) is 0 Å². The fraction of sp³-hybridized carbons (Fsp3) is 0.286. The lowest BCUT2D eigenvalue weighted by Gasteiger charge is -2.43. The Morgan fingerprint density at radius 2 is 2.03 bits per heavy atom. The molecule has 5 rings (SSSR count). The van der Waals surface area contributed by atoms with Crippen LogP contribution in [0.15, 0.2) is 77.4 Å². The van der Waals surface area contributed by atoms with E-state index in [1.807, 2.05) is 36.4 Å². The molecule has 3 heteroatoms.